The number of alkyl halides is 1. The molecular formula is C10H17FO. The zero-order valence-electron chi connectivity index (χ0n) is 8.06. The molecule has 0 unspecified atom stereocenters. The van der Waals surface area contributed by atoms with Crippen LogP contribution in [-0.4, -0.2) is 12.0 Å². The number of carbonyl (C=O) groups is 1. The number of carbonyl (C=O) groups excluding carboxylic acids is 1. The SMILES string of the molecule is CC(C)(C)C(=O)[C@H]1CC[C@@H](F)C1. The van der Waals surface area contributed by atoms with E-state index in [0.29, 0.717) is 12.8 Å². The van der Waals surface area contributed by atoms with E-state index in [9.17, 15) is 9.18 Å². The summed E-state index contributed by atoms with van der Waals surface area (Å²) >= 11 is 0. The third kappa shape index (κ3) is 2.05. The van der Waals surface area contributed by atoms with Crippen LogP contribution >= 0.6 is 0 Å². The molecule has 70 valence electrons. The van der Waals surface area contributed by atoms with Crippen LogP contribution in [-0.2, 0) is 4.79 Å². The van der Waals surface area contributed by atoms with E-state index in [1.807, 2.05) is 20.8 Å². The molecular weight excluding hydrogens is 155 g/mol. The fourth-order valence-corrected chi connectivity index (χ4v) is 1.78. The van der Waals surface area contributed by atoms with Crippen molar-refractivity contribution in [3.8, 4) is 0 Å². The lowest BCUT2D eigenvalue weighted by Crippen LogP contribution is -2.26. The second-order valence-corrected chi connectivity index (χ2v) is 4.72. The molecule has 0 aromatic carbocycles. The molecule has 1 nitrogen and oxygen atoms in total. The third-order valence-electron chi connectivity index (χ3n) is 2.48. The molecule has 0 N–H and O–H groups in total. The average Bonchev–Trinajstić information content (AvgIpc) is 2.32. The number of hydrogen-bond donors (Lipinski definition) is 0. The largest absolute Gasteiger partial charge is 0.299 e. The normalized spacial score (nSPS) is 30.7. The van der Waals surface area contributed by atoms with Gasteiger partial charge in [-0.1, -0.05) is 20.8 Å². The number of ketones is 1. The van der Waals surface area contributed by atoms with Crippen LogP contribution in [0.1, 0.15) is 40.0 Å². The number of hydrogen-bond acceptors (Lipinski definition) is 1. The first-order valence-electron chi connectivity index (χ1n) is 4.59. The monoisotopic (exact) mass is 172 g/mol. The molecule has 1 fully saturated rings. The van der Waals surface area contributed by atoms with Crippen LogP contribution in [0, 0.1) is 11.3 Å². The van der Waals surface area contributed by atoms with Gasteiger partial charge in [-0.05, 0) is 19.3 Å². The molecule has 0 amide bonds. The maximum Gasteiger partial charge on any atom is 0.141 e. The highest BCUT2D eigenvalue weighted by molar-refractivity contribution is 5.86. The molecule has 0 aliphatic heterocycles. The van der Waals surface area contributed by atoms with E-state index >= 15 is 0 Å². The van der Waals surface area contributed by atoms with Gasteiger partial charge in [0, 0.05) is 11.3 Å². The summed E-state index contributed by atoms with van der Waals surface area (Å²) in [7, 11) is 0. The second-order valence-electron chi connectivity index (χ2n) is 4.72. The molecule has 0 heterocycles. The first kappa shape index (κ1) is 9.69. The fourth-order valence-electron chi connectivity index (χ4n) is 1.78. The van der Waals surface area contributed by atoms with E-state index in [0.717, 1.165) is 6.42 Å². The number of rotatable bonds is 1. The van der Waals surface area contributed by atoms with E-state index in [4.69, 9.17) is 0 Å². The zero-order valence-corrected chi connectivity index (χ0v) is 8.06. The second kappa shape index (κ2) is 3.15. The molecule has 0 bridgehead atoms. The summed E-state index contributed by atoms with van der Waals surface area (Å²) < 4.78 is 12.8. The molecule has 0 saturated heterocycles. The van der Waals surface area contributed by atoms with Gasteiger partial charge in [-0.25, -0.2) is 4.39 Å². The number of Topliss-reactive ketones (excluding diaryl/α,β-unsaturated/α-hetero) is 1. The van der Waals surface area contributed by atoms with Gasteiger partial charge in [0.15, 0.2) is 0 Å². The van der Waals surface area contributed by atoms with Crippen molar-refractivity contribution in [3.63, 3.8) is 0 Å². The lowest BCUT2D eigenvalue weighted by Gasteiger charge is -2.20. The predicted octanol–water partition coefficient (Wildman–Crippen LogP) is 2.74. The van der Waals surface area contributed by atoms with Crippen LogP contribution in [0.25, 0.3) is 0 Å². The highest BCUT2D eigenvalue weighted by Gasteiger charge is 2.35. The molecule has 1 aliphatic carbocycles. The first-order chi connectivity index (χ1) is 5.41. The van der Waals surface area contributed by atoms with Gasteiger partial charge >= 0.3 is 0 Å². The topological polar surface area (TPSA) is 17.1 Å². The van der Waals surface area contributed by atoms with Crippen LogP contribution in [0.3, 0.4) is 0 Å². The van der Waals surface area contributed by atoms with E-state index in [1.54, 1.807) is 0 Å². The lowest BCUT2D eigenvalue weighted by molar-refractivity contribution is -0.130. The van der Waals surface area contributed by atoms with Crippen LogP contribution < -0.4 is 0 Å². The van der Waals surface area contributed by atoms with E-state index in [-0.39, 0.29) is 17.1 Å². The van der Waals surface area contributed by atoms with Gasteiger partial charge in [0.2, 0.25) is 0 Å². The summed E-state index contributed by atoms with van der Waals surface area (Å²) in [5, 5.41) is 0. The first-order valence-corrected chi connectivity index (χ1v) is 4.59. The van der Waals surface area contributed by atoms with Crippen LogP contribution in [0.5, 0.6) is 0 Å². The molecule has 0 aromatic rings. The van der Waals surface area contributed by atoms with Crippen LogP contribution in [0.2, 0.25) is 0 Å². The average molecular weight is 172 g/mol. The predicted molar refractivity (Wildman–Crippen MR) is 46.7 cm³/mol. The Hall–Kier alpha value is -0.400. The van der Waals surface area contributed by atoms with Crippen molar-refractivity contribution in [3.05, 3.63) is 0 Å². The Kier molecular flexibility index (Phi) is 2.55. The number of halogens is 1. The van der Waals surface area contributed by atoms with Gasteiger partial charge in [-0.3, -0.25) is 4.79 Å². The summed E-state index contributed by atoms with van der Waals surface area (Å²) in [5.74, 6) is 0.211. The molecule has 0 radical (unpaired) electrons. The fraction of sp³-hybridized carbons (Fsp3) is 0.900. The van der Waals surface area contributed by atoms with Gasteiger partial charge in [0.05, 0.1) is 0 Å². The van der Waals surface area contributed by atoms with E-state index in [1.165, 1.54) is 0 Å². The van der Waals surface area contributed by atoms with Gasteiger partial charge < -0.3 is 0 Å². The molecule has 1 rings (SSSR count). The highest BCUT2D eigenvalue weighted by atomic mass is 19.1. The van der Waals surface area contributed by atoms with Gasteiger partial charge in [-0.15, -0.1) is 0 Å². The molecule has 12 heavy (non-hydrogen) atoms. The Labute approximate surface area is 73.3 Å². The summed E-state index contributed by atoms with van der Waals surface area (Å²) in [6.07, 6.45) is 1.04. The summed E-state index contributed by atoms with van der Waals surface area (Å²) in [6.45, 7) is 5.71. The molecule has 0 aromatic heterocycles. The minimum absolute atomic E-state index is 0.0139. The zero-order chi connectivity index (χ0) is 9.35. The minimum atomic E-state index is -0.735. The summed E-state index contributed by atoms with van der Waals surface area (Å²) in [6, 6.07) is 0. The Morgan fingerprint density at radius 2 is 1.92 bits per heavy atom. The Morgan fingerprint density at radius 1 is 1.33 bits per heavy atom. The van der Waals surface area contributed by atoms with E-state index in [2.05, 4.69) is 0 Å². The van der Waals surface area contributed by atoms with Crippen molar-refractivity contribution in [1.82, 2.24) is 0 Å². The molecule has 1 aliphatic rings. The third-order valence-corrected chi connectivity index (χ3v) is 2.48. The van der Waals surface area contributed by atoms with Crippen molar-refractivity contribution < 1.29 is 9.18 Å². The van der Waals surface area contributed by atoms with Crippen molar-refractivity contribution >= 4 is 5.78 Å². The smallest absolute Gasteiger partial charge is 0.141 e. The Bertz CT molecular complexity index is 181. The molecule has 2 atom stereocenters. The Balaban J connectivity index is 2.55. The molecule has 2 heteroatoms. The summed E-state index contributed by atoms with van der Waals surface area (Å²) in [4.78, 5) is 11.6. The van der Waals surface area contributed by atoms with Gasteiger partial charge in [0.25, 0.3) is 0 Å². The molecule has 1 saturated carbocycles. The lowest BCUT2D eigenvalue weighted by atomic mass is 9.82. The molecule has 0 spiro atoms. The van der Waals surface area contributed by atoms with Crippen molar-refractivity contribution in [2.75, 3.05) is 0 Å². The minimum Gasteiger partial charge on any atom is -0.299 e. The quantitative estimate of drug-likeness (QED) is 0.594. The van der Waals surface area contributed by atoms with Crippen LogP contribution in [0.4, 0.5) is 4.39 Å². The van der Waals surface area contributed by atoms with Crippen LogP contribution in [0.15, 0.2) is 0 Å². The Morgan fingerprint density at radius 3 is 2.25 bits per heavy atom. The summed E-state index contributed by atoms with van der Waals surface area (Å²) in [5.41, 5.74) is -0.297. The maximum absolute atomic E-state index is 12.8. The van der Waals surface area contributed by atoms with Gasteiger partial charge in [0.1, 0.15) is 12.0 Å². The highest BCUT2D eigenvalue weighted by Crippen LogP contribution is 2.33. The van der Waals surface area contributed by atoms with Gasteiger partial charge in [-0.2, -0.15) is 0 Å². The van der Waals surface area contributed by atoms with Crippen molar-refractivity contribution in [2.45, 2.75) is 46.2 Å². The standard InChI is InChI=1S/C10H17FO/c1-10(2,3)9(12)7-4-5-8(11)6-7/h7-8H,4-6H2,1-3H3/t7-,8+/m0/s1. The van der Waals surface area contributed by atoms with E-state index < -0.39 is 6.17 Å². The van der Waals surface area contributed by atoms with Crippen molar-refractivity contribution in [2.24, 2.45) is 11.3 Å². The van der Waals surface area contributed by atoms with Crippen molar-refractivity contribution in [1.29, 1.82) is 0 Å². The maximum atomic E-state index is 12.8.